The van der Waals surface area contributed by atoms with Gasteiger partial charge in [-0.2, -0.15) is 13.2 Å². The van der Waals surface area contributed by atoms with Crippen LogP contribution in [0.15, 0.2) is 47.8 Å². The fraction of sp³-hybridized carbons (Fsp3) is 0.0625. The Kier molecular flexibility index (Phi) is 4.71. The summed E-state index contributed by atoms with van der Waals surface area (Å²) in [6, 6.07) is 9.87. The summed E-state index contributed by atoms with van der Waals surface area (Å²) < 4.78 is 37.7. The Morgan fingerprint density at radius 1 is 1.00 bits per heavy atom. The zero-order valence-corrected chi connectivity index (χ0v) is 14.2. The van der Waals surface area contributed by atoms with Gasteiger partial charge in [0.2, 0.25) is 0 Å². The summed E-state index contributed by atoms with van der Waals surface area (Å²) in [4.78, 5) is 4.40. The second-order valence-corrected chi connectivity index (χ2v) is 6.56. The van der Waals surface area contributed by atoms with Gasteiger partial charge in [0, 0.05) is 21.7 Å². The predicted octanol–water partition coefficient (Wildman–Crippen LogP) is 6.88. The maximum Gasteiger partial charge on any atom is 0.416 e. The normalized spacial score (nSPS) is 11.5. The molecule has 0 atom stereocenters. The molecule has 0 saturated heterocycles. The van der Waals surface area contributed by atoms with Crippen LogP contribution in [0, 0.1) is 0 Å². The highest BCUT2D eigenvalue weighted by molar-refractivity contribution is 7.14. The van der Waals surface area contributed by atoms with Crippen LogP contribution in [-0.4, -0.2) is 4.98 Å². The summed E-state index contributed by atoms with van der Waals surface area (Å²) in [7, 11) is 0. The number of aromatic nitrogens is 1. The van der Waals surface area contributed by atoms with E-state index in [2.05, 4.69) is 10.3 Å². The van der Waals surface area contributed by atoms with E-state index in [1.807, 2.05) is 5.38 Å². The van der Waals surface area contributed by atoms with Gasteiger partial charge in [-0.1, -0.05) is 23.2 Å². The predicted molar refractivity (Wildman–Crippen MR) is 92.3 cm³/mol. The standard InChI is InChI=1S/C16H9Cl2F3N2S/c17-10-3-6-12(13(18)7-10)14-8-24-15(23-14)22-11-4-1-9(2-5-11)16(19,20)21/h1-8H,(H,22,23). The highest BCUT2D eigenvalue weighted by Gasteiger charge is 2.29. The van der Waals surface area contributed by atoms with E-state index in [0.29, 0.717) is 26.6 Å². The van der Waals surface area contributed by atoms with Gasteiger partial charge in [-0.3, -0.25) is 0 Å². The van der Waals surface area contributed by atoms with E-state index in [0.717, 1.165) is 17.7 Å². The highest BCUT2D eigenvalue weighted by atomic mass is 35.5. The van der Waals surface area contributed by atoms with Crippen molar-refractivity contribution in [1.29, 1.82) is 0 Å². The second-order valence-electron chi connectivity index (χ2n) is 4.86. The number of nitrogens with one attached hydrogen (secondary N) is 1. The second kappa shape index (κ2) is 6.63. The largest absolute Gasteiger partial charge is 0.416 e. The van der Waals surface area contributed by atoms with Crippen LogP contribution in [0.25, 0.3) is 11.3 Å². The molecular formula is C16H9Cl2F3N2S. The summed E-state index contributed by atoms with van der Waals surface area (Å²) >= 11 is 13.3. The molecule has 0 aliphatic carbocycles. The molecule has 0 aliphatic heterocycles. The van der Waals surface area contributed by atoms with Crippen molar-refractivity contribution in [2.75, 3.05) is 5.32 Å². The van der Waals surface area contributed by atoms with Gasteiger partial charge in [-0.15, -0.1) is 11.3 Å². The molecule has 0 bridgehead atoms. The quantitative estimate of drug-likeness (QED) is 0.528. The molecule has 2 nitrogen and oxygen atoms in total. The molecule has 1 aromatic heterocycles. The van der Waals surface area contributed by atoms with Crippen molar-refractivity contribution in [3.05, 3.63) is 63.5 Å². The van der Waals surface area contributed by atoms with E-state index < -0.39 is 11.7 Å². The lowest BCUT2D eigenvalue weighted by Crippen LogP contribution is -2.04. The lowest BCUT2D eigenvalue weighted by Gasteiger charge is -2.07. The molecule has 1 heterocycles. The first-order valence-corrected chi connectivity index (χ1v) is 8.32. The molecule has 124 valence electrons. The van der Waals surface area contributed by atoms with Crippen LogP contribution in [0.3, 0.4) is 0 Å². The lowest BCUT2D eigenvalue weighted by molar-refractivity contribution is -0.137. The number of halogens is 5. The summed E-state index contributed by atoms with van der Waals surface area (Å²) in [5, 5.41) is 6.34. The van der Waals surface area contributed by atoms with E-state index in [9.17, 15) is 13.2 Å². The van der Waals surface area contributed by atoms with E-state index >= 15 is 0 Å². The van der Waals surface area contributed by atoms with Crippen molar-refractivity contribution >= 4 is 45.4 Å². The van der Waals surface area contributed by atoms with Crippen LogP contribution in [0.4, 0.5) is 24.0 Å². The monoisotopic (exact) mass is 388 g/mol. The smallest absolute Gasteiger partial charge is 0.332 e. The Balaban J connectivity index is 1.79. The minimum atomic E-state index is -4.35. The first-order valence-electron chi connectivity index (χ1n) is 6.68. The van der Waals surface area contributed by atoms with E-state index in [1.165, 1.54) is 23.5 Å². The Morgan fingerprint density at radius 3 is 2.33 bits per heavy atom. The molecular weight excluding hydrogens is 380 g/mol. The first-order chi connectivity index (χ1) is 11.3. The fourth-order valence-electron chi connectivity index (χ4n) is 2.02. The number of nitrogens with zero attached hydrogens (tertiary/aromatic N) is 1. The lowest BCUT2D eigenvalue weighted by atomic mass is 10.2. The van der Waals surface area contributed by atoms with Crippen LogP contribution in [0.2, 0.25) is 10.0 Å². The third-order valence-electron chi connectivity index (χ3n) is 3.17. The van der Waals surface area contributed by atoms with Crippen molar-refractivity contribution in [3.8, 4) is 11.3 Å². The zero-order chi connectivity index (χ0) is 17.3. The van der Waals surface area contributed by atoms with Gasteiger partial charge in [0.1, 0.15) is 0 Å². The van der Waals surface area contributed by atoms with Crippen LogP contribution in [0.5, 0.6) is 0 Å². The average molecular weight is 389 g/mol. The summed E-state index contributed by atoms with van der Waals surface area (Å²) in [5.41, 5.74) is 1.22. The SMILES string of the molecule is FC(F)(F)c1ccc(Nc2nc(-c3ccc(Cl)cc3Cl)cs2)cc1. The number of alkyl halides is 3. The van der Waals surface area contributed by atoms with Crippen molar-refractivity contribution in [3.63, 3.8) is 0 Å². The number of anilines is 2. The van der Waals surface area contributed by atoms with Crippen LogP contribution < -0.4 is 5.32 Å². The average Bonchev–Trinajstić information content (AvgIpc) is 2.95. The molecule has 2 aromatic carbocycles. The van der Waals surface area contributed by atoms with Gasteiger partial charge in [0.25, 0.3) is 0 Å². The third kappa shape index (κ3) is 3.83. The first kappa shape index (κ1) is 17.1. The van der Waals surface area contributed by atoms with E-state index in [1.54, 1.807) is 18.2 Å². The molecule has 0 aliphatic rings. The number of hydrogen-bond acceptors (Lipinski definition) is 3. The summed E-state index contributed by atoms with van der Waals surface area (Å²) in [6.45, 7) is 0. The molecule has 3 aromatic rings. The Morgan fingerprint density at radius 2 is 1.71 bits per heavy atom. The number of hydrogen-bond donors (Lipinski definition) is 1. The van der Waals surface area contributed by atoms with Crippen LogP contribution in [-0.2, 0) is 6.18 Å². The molecule has 0 unspecified atom stereocenters. The Hall–Kier alpha value is -1.76. The zero-order valence-electron chi connectivity index (χ0n) is 11.9. The van der Waals surface area contributed by atoms with Crippen molar-refractivity contribution in [2.24, 2.45) is 0 Å². The minimum absolute atomic E-state index is 0.480. The van der Waals surface area contributed by atoms with Crippen LogP contribution in [0.1, 0.15) is 5.56 Å². The molecule has 0 amide bonds. The van der Waals surface area contributed by atoms with Gasteiger partial charge in [0.15, 0.2) is 5.13 Å². The van der Waals surface area contributed by atoms with E-state index in [4.69, 9.17) is 23.2 Å². The fourth-order valence-corrected chi connectivity index (χ4v) is 3.25. The molecule has 0 saturated carbocycles. The van der Waals surface area contributed by atoms with Gasteiger partial charge in [0.05, 0.1) is 16.3 Å². The van der Waals surface area contributed by atoms with Crippen molar-refractivity contribution < 1.29 is 13.2 Å². The molecule has 8 heteroatoms. The van der Waals surface area contributed by atoms with Gasteiger partial charge >= 0.3 is 6.18 Å². The Bertz CT molecular complexity index is 861. The summed E-state index contributed by atoms with van der Waals surface area (Å²) in [5.74, 6) is 0. The minimum Gasteiger partial charge on any atom is -0.332 e. The number of thiazole rings is 1. The maximum atomic E-state index is 12.6. The van der Waals surface area contributed by atoms with Gasteiger partial charge in [-0.25, -0.2) is 4.98 Å². The third-order valence-corrected chi connectivity index (χ3v) is 4.48. The molecule has 0 radical (unpaired) electrons. The molecule has 0 spiro atoms. The molecule has 0 fully saturated rings. The highest BCUT2D eigenvalue weighted by Crippen LogP contribution is 2.34. The van der Waals surface area contributed by atoms with Gasteiger partial charge in [-0.05, 0) is 42.5 Å². The van der Waals surface area contributed by atoms with Crippen molar-refractivity contribution in [1.82, 2.24) is 4.98 Å². The molecule has 1 N–H and O–H groups in total. The van der Waals surface area contributed by atoms with Gasteiger partial charge < -0.3 is 5.32 Å². The maximum absolute atomic E-state index is 12.6. The number of benzene rings is 2. The molecule has 3 rings (SSSR count). The van der Waals surface area contributed by atoms with Crippen LogP contribution >= 0.6 is 34.5 Å². The Labute approximate surface area is 149 Å². The molecule has 24 heavy (non-hydrogen) atoms. The van der Waals surface area contributed by atoms with Crippen molar-refractivity contribution in [2.45, 2.75) is 6.18 Å². The van der Waals surface area contributed by atoms with E-state index in [-0.39, 0.29) is 0 Å². The summed E-state index contributed by atoms with van der Waals surface area (Å²) in [6.07, 6.45) is -4.35. The number of rotatable bonds is 3. The topological polar surface area (TPSA) is 24.9 Å².